The fraction of sp³-hybridized carbons (Fsp3) is 0.444. The molecule has 0 spiro atoms. The summed E-state index contributed by atoms with van der Waals surface area (Å²) >= 11 is 0. The maximum Gasteiger partial charge on any atom is 0.322 e. The number of carbonyl (C=O) groups excluding carboxylic acids is 1. The largest absolute Gasteiger partial charge is 0.494 e. The van der Waals surface area contributed by atoms with E-state index in [0.29, 0.717) is 12.2 Å². The third kappa shape index (κ3) is 4.02. The highest BCUT2D eigenvalue weighted by molar-refractivity contribution is 5.91. The van der Waals surface area contributed by atoms with Gasteiger partial charge in [0.25, 0.3) is 5.69 Å². The Morgan fingerprint density at radius 1 is 1.48 bits per heavy atom. The number of amides is 2. The number of benzene rings is 1. The Morgan fingerprint density at radius 3 is 3.00 bits per heavy atom. The summed E-state index contributed by atoms with van der Waals surface area (Å²) in [5.41, 5.74) is 1.03. The van der Waals surface area contributed by atoms with Crippen LogP contribution in [0.25, 0.3) is 0 Å². The van der Waals surface area contributed by atoms with Crippen LogP contribution in [-0.2, 0) is 6.42 Å². The molecule has 1 aliphatic rings. The van der Waals surface area contributed by atoms with Gasteiger partial charge in [0.2, 0.25) is 0 Å². The van der Waals surface area contributed by atoms with E-state index in [4.69, 9.17) is 9.26 Å². The monoisotopic (exact) mass is 374 g/mol. The molecule has 2 heterocycles. The lowest BCUT2D eigenvalue weighted by molar-refractivity contribution is -0.384. The number of non-ortho nitro benzene ring substituents is 1. The zero-order chi connectivity index (χ0) is 19.4. The number of methoxy groups -OCH3 is 1. The van der Waals surface area contributed by atoms with Crippen molar-refractivity contribution in [1.82, 2.24) is 10.1 Å². The molecular formula is C18H22N4O5. The van der Waals surface area contributed by atoms with Gasteiger partial charge in [-0.25, -0.2) is 4.79 Å². The summed E-state index contributed by atoms with van der Waals surface area (Å²) in [5, 5.41) is 17.8. The summed E-state index contributed by atoms with van der Waals surface area (Å²) in [6, 6.07) is 5.54. The lowest BCUT2D eigenvalue weighted by atomic mass is 10.1. The van der Waals surface area contributed by atoms with Crippen LogP contribution >= 0.6 is 0 Å². The van der Waals surface area contributed by atoms with Gasteiger partial charge >= 0.3 is 6.03 Å². The van der Waals surface area contributed by atoms with Crippen LogP contribution in [-0.4, -0.2) is 34.7 Å². The Morgan fingerprint density at radius 2 is 2.30 bits per heavy atom. The topological polar surface area (TPSA) is 111 Å². The molecule has 1 fully saturated rings. The number of ether oxygens (including phenoxy) is 1. The minimum absolute atomic E-state index is 0.102. The number of urea groups is 1. The number of aromatic nitrogens is 1. The molecule has 0 bridgehead atoms. The Labute approximate surface area is 156 Å². The minimum atomic E-state index is -0.511. The highest BCUT2D eigenvalue weighted by Gasteiger charge is 2.32. The molecule has 2 aromatic rings. The van der Waals surface area contributed by atoms with Crippen LogP contribution in [0.4, 0.5) is 16.2 Å². The standard InChI is InChI=1S/C18H22N4O5/c1-3-5-13-11-15(20-27-13)16-6-4-9-21(16)18(23)19-14-8-7-12(22(24)25)10-17(14)26-2/h7-8,10-11,16H,3-6,9H2,1-2H3,(H,19,23)/t16-/m0/s1. The molecule has 1 saturated heterocycles. The third-order valence-corrected chi connectivity index (χ3v) is 4.57. The Kier molecular flexibility index (Phi) is 5.58. The zero-order valence-electron chi connectivity index (χ0n) is 15.3. The Bertz CT molecular complexity index is 835. The molecule has 9 heteroatoms. The summed E-state index contributed by atoms with van der Waals surface area (Å²) in [6.45, 7) is 2.66. The van der Waals surface area contributed by atoms with Crippen molar-refractivity contribution in [2.24, 2.45) is 0 Å². The number of carbonyl (C=O) groups is 1. The van der Waals surface area contributed by atoms with Gasteiger partial charge in [-0.1, -0.05) is 12.1 Å². The van der Waals surface area contributed by atoms with Crippen LogP contribution in [0.1, 0.15) is 43.7 Å². The smallest absolute Gasteiger partial charge is 0.322 e. The normalized spacial score (nSPS) is 16.4. The first-order valence-corrected chi connectivity index (χ1v) is 8.89. The van der Waals surface area contributed by atoms with Crippen molar-refractivity contribution in [2.45, 2.75) is 38.6 Å². The molecule has 0 radical (unpaired) electrons. The Hall–Kier alpha value is -3.10. The van der Waals surface area contributed by atoms with E-state index in [-0.39, 0.29) is 23.5 Å². The first kappa shape index (κ1) is 18.7. The second-order valence-corrected chi connectivity index (χ2v) is 6.39. The molecule has 0 saturated carbocycles. The fourth-order valence-corrected chi connectivity index (χ4v) is 3.25. The molecule has 144 valence electrons. The predicted octanol–water partition coefficient (Wildman–Crippen LogP) is 3.91. The van der Waals surface area contributed by atoms with Crippen LogP contribution in [0.3, 0.4) is 0 Å². The lowest BCUT2D eigenvalue weighted by Crippen LogP contribution is -2.34. The van der Waals surface area contributed by atoms with Crippen molar-refractivity contribution in [2.75, 3.05) is 19.0 Å². The van der Waals surface area contributed by atoms with Gasteiger partial charge in [-0.05, 0) is 25.3 Å². The van der Waals surface area contributed by atoms with Gasteiger partial charge in [0.1, 0.15) is 17.2 Å². The van der Waals surface area contributed by atoms with Crippen LogP contribution in [0.5, 0.6) is 5.75 Å². The van der Waals surface area contributed by atoms with Crippen molar-refractivity contribution < 1.29 is 19.0 Å². The summed E-state index contributed by atoms with van der Waals surface area (Å²) in [7, 11) is 1.40. The number of nitrogens with zero attached hydrogens (tertiary/aromatic N) is 3. The molecule has 1 aromatic heterocycles. The van der Waals surface area contributed by atoms with Gasteiger partial charge < -0.3 is 19.5 Å². The van der Waals surface area contributed by atoms with Gasteiger partial charge in [-0.2, -0.15) is 0 Å². The molecule has 0 aliphatic carbocycles. The van der Waals surface area contributed by atoms with Gasteiger partial charge in [0.15, 0.2) is 0 Å². The predicted molar refractivity (Wildman–Crippen MR) is 97.8 cm³/mol. The van der Waals surface area contributed by atoms with E-state index >= 15 is 0 Å². The molecule has 9 nitrogen and oxygen atoms in total. The van der Waals surface area contributed by atoms with Crippen molar-refractivity contribution in [1.29, 1.82) is 0 Å². The van der Waals surface area contributed by atoms with Crippen LogP contribution in [0.15, 0.2) is 28.8 Å². The summed E-state index contributed by atoms with van der Waals surface area (Å²) in [5.74, 6) is 1.05. The number of rotatable bonds is 6. The SMILES string of the molecule is CCCc1cc([C@@H]2CCCN2C(=O)Nc2ccc([N+](=O)[O-])cc2OC)no1. The first-order chi connectivity index (χ1) is 13.0. The number of nitrogens with one attached hydrogen (secondary N) is 1. The van der Waals surface area contributed by atoms with Crippen molar-refractivity contribution in [3.05, 3.63) is 45.8 Å². The molecule has 1 aliphatic heterocycles. The quantitative estimate of drug-likeness (QED) is 0.606. The molecule has 1 aromatic carbocycles. The van der Waals surface area contributed by atoms with E-state index < -0.39 is 4.92 Å². The highest BCUT2D eigenvalue weighted by atomic mass is 16.6. The molecule has 1 atom stereocenters. The fourth-order valence-electron chi connectivity index (χ4n) is 3.25. The third-order valence-electron chi connectivity index (χ3n) is 4.57. The molecule has 3 rings (SSSR count). The maximum atomic E-state index is 12.8. The van der Waals surface area contributed by atoms with E-state index in [1.54, 1.807) is 4.90 Å². The first-order valence-electron chi connectivity index (χ1n) is 8.89. The summed E-state index contributed by atoms with van der Waals surface area (Å²) in [6.07, 6.45) is 3.45. The van der Waals surface area contributed by atoms with Crippen LogP contribution < -0.4 is 10.1 Å². The van der Waals surface area contributed by atoms with Crippen LogP contribution in [0.2, 0.25) is 0 Å². The van der Waals surface area contributed by atoms with Gasteiger partial charge in [0.05, 0.1) is 29.8 Å². The number of anilines is 1. The average Bonchev–Trinajstić information content (AvgIpc) is 3.31. The van der Waals surface area contributed by atoms with Crippen molar-refractivity contribution >= 4 is 17.4 Å². The number of hydrogen-bond acceptors (Lipinski definition) is 6. The second-order valence-electron chi connectivity index (χ2n) is 6.39. The van der Waals surface area contributed by atoms with Crippen molar-refractivity contribution in [3.8, 4) is 5.75 Å². The number of nitro groups is 1. The van der Waals surface area contributed by atoms with Gasteiger partial charge in [-0.15, -0.1) is 0 Å². The number of likely N-dealkylation sites (tertiary alicyclic amines) is 1. The molecule has 27 heavy (non-hydrogen) atoms. The van der Waals surface area contributed by atoms with Crippen molar-refractivity contribution in [3.63, 3.8) is 0 Å². The minimum Gasteiger partial charge on any atom is -0.494 e. The van der Waals surface area contributed by atoms with Gasteiger partial charge in [0, 0.05) is 25.1 Å². The van der Waals surface area contributed by atoms with E-state index in [1.165, 1.54) is 25.3 Å². The average molecular weight is 374 g/mol. The molecule has 2 amide bonds. The van der Waals surface area contributed by atoms with E-state index in [1.807, 2.05) is 6.07 Å². The number of hydrogen-bond donors (Lipinski definition) is 1. The van der Waals surface area contributed by atoms with E-state index in [0.717, 1.165) is 37.1 Å². The van der Waals surface area contributed by atoms with Gasteiger partial charge in [-0.3, -0.25) is 10.1 Å². The highest BCUT2D eigenvalue weighted by Crippen LogP contribution is 2.34. The summed E-state index contributed by atoms with van der Waals surface area (Å²) < 4.78 is 10.5. The molecule has 0 unspecified atom stereocenters. The second kappa shape index (κ2) is 8.07. The zero-order valence-corrected chi connectivity index (χ0v) is 15.3. The molecular weight excluding hydrogens is 352 g/mol. The maximum absolute atomic E-state index is 12.8. The van der Waals surface area contributed by atoms with Crippen LogP contribution in [0, 0.1) is 10.1 Å². The number of nitro benzene ring substituents is 1. The molecule has 1 N–H and O–H groups in total. The number of aryl methyl sites for hydroxylation is 1. The lowest BCUT2D eigenvalue weighted by Gasteiger charge is -2.23. The Balaban J connectivity index is 1.75. The van der Waals surface area contributed by atoms with E-state index in [9.17, 15) is 14.9 Å². The summed E-state index contributed by atoms with van der Waals surface area (Å²) in [4.78, 5) is 24.9. The van der Waals surface area contributed by atoms with E-state index in [2.05, 4.69) is 17.4 Å².